The van der Waals surface area contributed by atoms with Crippen LogP contribution < -0.4 is 0 Å². The smallest absolute Gasteiger partial charge is 0.410 e. The average Bonchev–Trinajstić information content (AvgIpc) is 2.85. The van der Waals surface area contributed by atoms with Crippen molar-refractivity contribution in [3.63, 3.8) is 0 Å². The molecule has 1 atom stereocenters. The van der Waals surface area contributed by atoms with Gasteiger partial charge in [0.25, 0.3) is 5.69 Å². The lowest BCUT2D eigenvalue weighted by Crippen LogP contribution is -2.59. The predicted molar refractivity (Wildman–Crippen MR) is 143 cm³/mol. The van der Waals surface area contributed by atoms with E-state index in [-0.39, 0.29) is 31.2 Å². The number of carboxylic acids is 1. The lowest BCUT2D eigenvalue weighted by Gasteiger charge is -2.39. The van der Waals surface area contributed by atoms with E-state index in [2.05, 4.69) is 0 Å². The normalized spacial score (nSPS) is 16.1. The molecule has 0 radical (unpaired) electrons. The van der Waals surface area contributed by atoms with Crippen LogP contribution in [0.5, 0.6) is 0 Å². The highest BCUT2D eigenvalue weighted by Gasteiger charge is 2.37. The second-order valence-electron chi connectivity index (χ2n) is 10.4. The number of carbonyl (C=O) groups is 3. The Morgan fingerprint density at radius 2 is 1.79 bits per heavy atom. The van der Waals surface area contributed by atoms with E-state index in [1.54, 1.807) is 39.0 Å². The van der Waals surface area contributed by atoms with Crippen molar-refractivity contribution < 1.29 is 29.2 Å². The first-order valence-corrected chi connectivity index (χ1v) is 12.4. The molecule has 1 unspecified atom stereocenters. The lowest BCUT2D eigenvalue weighted by molar-refractivity contribution is -0.384. The van der Waals surface area contributed by atoms with Gasteiger partial charge in [0.1, 0.15) is 11.6 Å². The summed E-state index contributed by atoms with van der Waals surface area (Å²) in [4.78, 5) is 51.5. The van der Waals surface area contributed by atoms with Crippen molar-refractivity contribution in [1.29, 1.82) is 0 Å². The summed E-state index contributed by atoms with van der Waals surface area (Å²) >= 11 is 0. The Balaban J connectivity index is 1.92. The predicted octanol–water partition coefficient (Wildman–Crippen LogP) is 4.93. The number of hydrogen-bond donors (Lipinski definition) is 1. The lowest BCUT2D eigenvalue weighted by atomic mass is 9.89. The van der Waals surface area contributed by atoms with Gasteiger partial charge >= 0.3 is 12.1 Å². The van der Waals surface area contributed by atoms with Crippen LogP contribution in [0.2, 0.25) is 0 Å². The summed E-state index contributed by atoms with van der Waals surface area (Å²) in [6, 6.07) is 10.8. The van der Waals surface area contributed by atoms with Crippen molar-refractivity contribution in [3.8, 4) is 11.1 Å². The summed E-state index contributed by atoms with van der Waals surface area (Å²) in [5, 5.41) is 21.7. The van der Waals surface area contributed by atoms with Crippen molar-refractivity contribution in [2.75, 3.05) is 19.6 Å². The molecule has 1 saturated heterocycles. The molecule has 1 fully saturated rings. The fraction of sp³-hybridized carbons (Fsp3) is 0.393. The second kappa shape index (κ2) is 11.5. The van der Waals surface area contributed by atoms with Gasteiger partial charge in [0, 0.05) is 25.2 Å². The summed E-state index contributed by atoms with van der Waals surface area (Å²) < 4.78 is 5.34. The number of nitro benzene ring substituents is 1. The van der Waals surface area contributed by atoms with Gasteiger partial charge in [0.05, 0.1) is 17.0 Å². The van der Waals surface area contributed by atoms with Gasteiger partial charge in [0.2, 0.25) is 5.91 Å². The molecule has 10 heteroatoms. The number of piperazine rings is 1. The van der Waals surface area contributed by atoms with Crippen molar-refractivity contribution in [3.05, 3.63) is 69.8 Å². The van der Waals surface area contributed by atoms with Crippen LogP contribution in [0.3, 0.4) is 0 Å². The fourth-order valence-corrected chi connectivity index (χ4v) is 4.38. The molecule has 3 rings (SSSR count). The monoisotopic (exact) mass is 523 g/mol. The molecule has 202 valence electrons. The van der Waals surface area contributed by atoms with Gasteiger partial charge in [-0.1, -0.05) is 50.2 Å². The molecular formula is C28H33N3O7. The molecule has 38 heavy (non-hydrogen) atoms. The quantitative estimate of drug-likeness (QED) is 0.323. The molecule has 10 nitrogen and oxygen atoms in total. The molecule has 0 spiro atoms. The number of hydrogen-bond acceptors (Lipinski definition) is 6. The highest BCUT2D eigenvalue weighted by Crippen LogP contribution is 2.38. The van der Waals surface area contributed by atoms with E-state index in [1.807, 2.05) is 32.0 Å². The zero-order chi connectivity index (χ0) is 28.2. The summed E-state index contributed by atoms with van der Waals surface area (Å²) in [6.07, 6.45) is 2.05. The van der Waals surface area contributed by atoms with Gasteiger partial charge in [0.15, 0.2) is 0 Å². The van der Waals surface area contributed by atoms with Crippen molar-refractivity contribution in [1.82, 2.24) is 9.80 Å². The van der Waals surface area contributed by atoms with Crippen LogP contribution in [0, 0.1) is 10.1 Å². The molecule has 0 bridgehead atoms. The molecule has 1 aliphatic rings. The summed E-state index contributed by atoms with van der Waals surface area (Å²) in [5.74, 6) is -1.72. The minimum absolute atomic E-state index is 0.00262. The Morgan fingerprint density at radius 1 is 1.11 bits per heavy atom. The molecule has 0 aliphatic carbocycles. The maximum atomic E-state index is 13.1. The number of benzene rings is 2. The van der Waals surface area contributed by atoms with Crippen LogP contribution in [0.4, 0.5) is 10.5 Å². The number of nitro groups is 1. The van der Waals surface area contributed by atoms with Gasteiger partial charge in [-0.25, -0.2) is 9.59 Å². The van der Waals surface area contributed by atoms with Gasteiger partial charge in [-0.05, 0) is 49.5 Å². The van der Waals surface area contributed by atoms with E-state index in [1.165, 1.54) is 28.0 Å². The maximum Gasteiger partial charge on any atom is 0.410 e. The van der Waals surface area contributed by atoms with Gasteiger partial charge in [-0.2, -0.15) is 0 Å². The molecule has 1 heterocycles. The molecule has 1 aliphatic heterocycles. The number of nitrogens with zero attached hydrogens (tertiary/aromatic N) is 3. The topological polar surface area (TPSA) is 130 Å². The third-order valence-electron chi connectivity index (χ3n) is 6.13. The van der Waals surface area contributed by atoms with E-state index in [4.69, 9.17) is 4.74 Å². The molecule has 0 aromatic heterocycles. The van der Waals surface area contributed by atoms with Crippen LogP contribution in [0.25, 0.3) is 17.2 Å². The Kier molecular flexibility index (Phi) is 8.55. The second-order valence-corrected chi connectivity index (χ2v) is 10.4. The number of amides is 2. The van der Waals surface area contributed by atoms with Crippen molar-refractivity contribution >= 4 is 29.7 Å². The van der Waals surface area contributed by atoms with Crippen LogP contribution in [-0.2, 0) is 14.3 Å². The summed E-state index contributed by atoms with van der Waals surface area (Å²) in [7, 11) is 0. The van der Waals surface area contributed by atoms with E-state index >= 15 is 0 Å². The van der Waals surface area contributed by atoms with E-state index in [9.17, 15) is 29.6 Å². The molecular weight excluding hydrogens is 490 g/mol. The molecule has 2 aromatic rings. The standard InChI is InChI=1S/C28H33N3O7/c1-18(2)20-10-6-7-11-21(20)25-19(9-8-12-22(25)31(36)37)13-14-24(32)30-16-15-29(17-23(30)26(33)34)27(35)38-28(3,4)5/h6-14,18,23H,15-17H2,1-5H3,(H,33,34)/b14-13+. The summed E-state index contributed by atoms with van der Waals surface area (Å²) in [6.45, 7) is 9.03. The van der Waals surface area contributed by atoms with E-state index in [0.29, 0.717) is 16.7 Å². The zero-order valence-electron chi connectivity index (χ0n) is 22.2. The third-order valence-corrected chi connectivity index (χ3v) is 6.13. The maximum absolute atomic E-state index is 13.1. The third kappa shape index (κ3) is 6.56. The highest BCUT2D eigenvalue weighted by molar-refractivity contribution is 5.96. The fourth-order valence-electron chi connectivity index (χ4n) is 4.38. The van der Waals surface area contributed by atoms with Crippen molar-refractivity contribution in [2.24, 2.45) is 0 Å². The Labute approximate surface area is 221 Å². The first kappa shape index (κ1) is 28.4. The Morgan fingerprint density at radius 3 is 2.39 bits per heavy atom. The number of ether oxygens (including phenoxy) is 1. The Hall–Kier alpha value is -4.21. The van der Waals surface area contributed by atoms with Crippen LogP contribution in [0.1, 0.15) is 51.7 Å². The van der Waals surface area contributed by atoms with Crippen LogP contribution in [0.15, 0.2) is 48.5 Å². The number of rotatable bonds is 6. The Bertz CT molecular complexity index is 1260. The average molecular weight is 524 g/mol. The van der Waals surface area contributed by atoms with E-state index in [0.717, 1.165) is 5.56 Å². The van der Waals surface area contributed by atoms with E-state index < -0.39 is 34.5 Å². The van der Waals surface area contributed by atoms with Gasteiger partial charge in [-0.3, -0.25) is 14.9 Å². The molecule has 2 aromatic carbocycles. The van der Waals surface area contributed by atoms with Crippen LogP contribution >= 0.6 is 0 Å². The largest absolute Gasteiger partial charge is 0.480 e. The SMILES string of the molecule is CC(C)c1ccccc1-c1c(/C=C/C(=O)N2CCN(C(=O)OC(C)(C)C)CC2C(=O)O)cccc1[N+](=O)[O-]. The minimum Gasteiger partial charge on any atom is -0.480 e. The zero-order valence-corrected chi connectivity index (χ0v) is 22.2. The number of carboxylic acid groups (broad SMARTS) is 1. The first-order chi connectivity index (χ1) is 17.8. The van der Waals surface area contributed by atoms with Gasteiger partial charge < -0.3 is 19.6 Å². The minimum atomic E-state index is -1.26. The summed E-state index contributed by atoms with van der Waals surface area (Å²) in [5.41, 5.74) is 1.62. The number of carbonyl (C=O) groups excluding carboxylic acids is 2. The highest BCUT2D eigenvalue weighted by atomic mass is 16.6. The van der Waals surface area contributed by atoms with Crippen molar-refractivity contribution in [2.45, 2.75) is 52.2 Å². The first-order valence-electron chi connectivity index (χ1n) is 12.4. The molecule has 2 amide bonds. The number of aliphatic carboxylic acids is 1. The van der Waals surface area contributed by atoms with Gasteiger partial charge in [-0.15, -0.1) is 0 Å². The molecule has 1 N–H and O–H groups in total. The van der Waals surface area contributed by atoms with Crippen LogP contribution in [-0.4, -0.2) is 69.1 Å². The molecule has 0 saturated carbocycles.